The van der Waals surface area contributed by atoms with E-state index in [4.69, 9.17) is 9.11 Å². The molecule has 2 atom stereocenters. The number of carbonyl (C=O) groups is 2. The van der Waals surface area contributed by atoms with Crippen LogP contribution in [0.15, 0.2) is 24.3 Å². The van der Waals surface area contributed by atoms with Crippen LogP contribution in [-0.2, 0) is 9.53 Å². The molecule has 0 N–H and O–H groups in total. The molecule has 3 aliphatic heterocycles. The van der Waals surface area contributed by atoms with Crippen molar-refractivity contribution in [2.45, 2.75) is 44.9 Å². The molecule has 4 heterocycles. The maximum absolute atomic E-state index is 13.3. The Labute approximate surface area is 209 Å². The number of likely N-dealkylation sites (tertiary alicyclic amines) is 1. The molecule has 3 fully saturated rings. The van der Waals surface area contributed by atoms with Gasteiger partial charge in [-0.3, -0.25) is 14.6 Å². The Kier molecular flexibility index (Phi) is 6.65. The van der Waals surface area contributed by atoms with Gasteiger partial charge in [-0.1, -0.05) is 12.1 Å². The molecular weight excluding hydrogens is 470 g/mol. The van der Waals surface area contributed by atoms with E-state index in [2.05, 4.69) is 34.1 Å². The standard InChI is InChI=1S/C24H33N5O3S2/c1-24(2,3)32-23(31)29-15-17(14-19(29)22(30)28-12-13-33-16-28)26-8-10-27(11-9-26)21-18-6-4-5-7-20(18)34-25-21/h4-7,17,19H,8-16H2,1-3H3/t17-,19-/m0/s1. The number of amides is 2. The Hall–Kier alpha value is -2.04. The lowest BCUT2D eigenvalue weighted by molar-refractivity contribution is -0.134. The topological polar surface area (TPSA) is 69.2 Å². The van der Waals surface area contributed by atoms with Crippen molar-refractivity contribution in [1.82, 2.24) is 19.1 Å². The maximum Gasteiger partial charge on any atom is 0.411 e. The molecule has 0 aliphatic carbocycles. The number of carbonyl (C=O) groups excluding carboxylic acids is 2. The van der Waals surface area contributed by atoms with Crippen LogP contribution in [0.3, 0.4) is 0 Å². The minimum atomic E-state index is -0.589. The van der Waals surface area contributed by atoms with Gasteiger partial charge in [0.1, 0.15) is 17.5 Å². The van der Waals surface area contributed by atoms with E-state index in [0.29, 0.717) is 18.8 Å². The Morgan fingerprint density at radius 1 is 1.09 bits per heavy atom. The zero-order chi connectivity index (χ0) is 23.9. The summed E-state index contributed by atoms with van der Waals surface area (Å²) in [6, 6.07) is 8.09. The average Bonchev–Trinajstić information content (AvgIpc) is 3.57. The molecular formula is C24H33N5O3S2. The number of fused-ring (bicyclic) bond motifs is 1. The van der Waals surface area contributed by atoms with Crippen molar-refractivity contribution >= 4 is 51.2 Å². The van der Waals surface area contributed by atoms with Gasteiger partial charge in [-0.25, -0.2) is 4.79 Å². The highest BCUT2D eigenvalue weighted by molar-refractivity contribution is 7.99. The first-order valence-corrected chi connectivity index (χ1v) is 13.9. The Morgan fingerprint density at radius 2 is 1.85 bits per heavy atom. The zero-order valence-electron chi connectivity index (χ0n) is 20.1. The SMILES string of the molecule is CC(C)(C)OC(=O)N1C[C@@H](N2CCN(c3nsc4ccccc34)CC2)C[C@H]1C(=O)N1CCSC1. The summed E-state index contributed by atoms with van der Waals surface area (Å²) >= 11 is 3.32. The van der Waals surface area contributed by atoms with E-state index in [1.165, 1.54) is 10.1 Å². The summed E-state index contributed by atoms with van der Waals surface area (Å²) in [6.07, 6.45) is 0.284. The highest BCUT2D eigenvalue weighted by Gasteiger charge is 2.45. The number of piperazine rings is 1. The van der Waals surface area contributed by atoms with Crippen LogP contribution in [0.1, 0.15) is 27.2 Å². The normalized spacial score (nSPS) is 24.3. The molecule has 2 aromatic rings. The number of nitrogens with zero attached hydrogens (tertiary/aromatic N) is 5. The van der Waals surface area contributed by atoms with Gasteiger partial charge in [0, 0.05) is 56.4 Å². The largest absolute Gasteiger partial charge is 0.444 e. The number of benzene rings is 1. The van der Waals surface area contributed by atoms with Crippen molar-refractivity contribution in [3.8, 4) is 0 Å². The first-order chi connectivity index (χ1) is 16.3. The molecule has 1 aromatic heterocycles. The highest BCUT2D eigenvalue weighted by Crippen LogP contribution is 2.32. The van der Waals surface area contributed by atoms with Crippen molar-refractivity contribution in [2.75, 3.05) is 55.8 Å². The molecule has 5 rings (SSSR count). The second kappa shape index (κ2) is 9.54. The first-order valence-electron chi connectivity index (χ1n) is 12.0. The Morgan fingerprint density at radius 3 is 2.56 bits per heavy atom. The third-order valence-electron chi connectivity index (χ3n) is 6.75. The predicted octanol–water partition coefficient (Wildman–Crippen LogP) is 3.33. The molecule has 0 radical (unpaired) electrons. The summed E-state index contributed by atoms with van der Waals surface area (Å²) in [6.45, 7) is 10.4. The fourth-order valence-corrected chi connectivity index (χ4v) is 6.78. The van der Waals surface area contributed by atoms with E-state index in [9.17, 15) is 9.59 Å². The molecule has 3 aliphatic rings. The van der Waals surface area contributed by atoms with Crippen LogP contribution >= 0.6 is 23.3 Å². The lowest BCUT2D eigenvalue weighted by atomic mass is 10.1. The molecule has 0 spiro atoms. The molecule has 8 nitrogen and oxygen atoms in total. The summed E-state index contributed by atoms with van der Waals surface area (Å²) in [7, 11) is 0. The molecule has 2 amide bonds. The van der Waals surface area contributed by atoms with Crippen LogP contribution in [0, 0.1) is 0 Å². The molecule has 1 aromatic carbocycles. The summed E-state index contributed by atoms with van der Waals surface area (Å²) < 4.78 is 11.6. The van der Waals surface area contributed by atoms with E-state index in [-0.39, 0.29) is 18.0 Å². The smallest absolute Gasteiger partial charge is 0.411 e. The van der Waals surface area contributed by atoms with Crippen LogP contribution in [0.4, 0.5) is 10.6 Å². The zero-order valence-corrected chi connectivity index (χ0v) is 21.7. The molecule has 0 unspecified atom stereocenters. The number of rotatable bonds is 3. The number of ether oxygens (including phenoxy) is 1. The van der Waals surface area contributed by atoms with Crippen LogP contribution in [0.5, 0.6) is 0 Å². The van der Waals surface area contributed by atoms with E-state index in [1.54, 1.807) is 28.2 Å². The lowest BCUT2D eigenvalue weighted by Gasteiger charge is -2.38. The Bertz CT molecular complexity index is 1040. The predicted molar refractivity (Wildman–Crippen MR) is 138 cm³/mol. The number of hydrogen-bond acceptors (Lipinski definition) is 8. The van der Waals surface area contributed by atoms with E-state index < -0.39 is 11.6 Å². The van der Waals surface area contributed by atoms with Crippen LogP contribution < -0.4 is 4.90 Å². The average molecular weight is 504 g/mol. The second-order valence-corrected chi connectivity index (χ2v) is 12.1. The van der Waals surface area contributed by atoms with E-state index in [0.717, 1.165) is 44.3 Å². The van der Waals surface area contributed by atoms with Crippen molar-refractivity contribution in [2.24, 2.45) is 0 Å². The molecule has 0 bridgehead atoms. The van der Waals surface area contributed by atoms with Crippen molar-refractivity contribution in [3.63, 3.8) is 0 Å². The van der Waals surface area contributed by atoms with E-state index in [1.807, 2.05) is 25.7 Å². The van der Waals surface area contributed by atoms with Gasteiger partial charge in [0.15, 0.2) is 0 Å². The summed E-state index contributed by atoms with van der Waals surface area (Å²) in [5.41, 5.74) is -0.589. The van der Waals surface area contributed by atoms with Crippen LogP contribution in [-0.4, -0.2) is 99.7 Å². The van der Waals surface area contributed by atoms with Gasteiger partial charge in [0.2, 0.25) is 5.91 Å². The number of aromatic nitrogens is 1. The number of anilines is 1. The monoisotopic (exact) mass is 503 g/mol. The number of hydrogen-bond donors (Lipinski definition) is 0. The first kappa shape index (κ1) is 23.7. The van der Waals surface area contributed by atoms with Crippen molar-refractivity contribution < 1.29 is 14.3 Å². The fourth-order valence-electron chi connectivity index (χ4n) is 5.03. The molecule has 3 saturated heterocycles. The highest BCUT2D eigenvalue weighted by atomic mass is 32.2. The minimum absolute atomic E-state index is 0.0611. The van der Waals surface area contributed by atoms with Gasteiger partial charge in [-0.15, -0.1) is 11.8 Å². The van der Waals surface area contributed by atoms with Gasteiger partial charge in [0.25, 0.3) is 0 Å². The molecule has 10 heteroatoms. The van der Waals surface area contributed by atoms with Gasteiger partial charge < -0.3 is 14.5 Å². The fraction of sp³-hybridized carbons (Fsp3) is 0.625. The molecule has 184 valence electrons. The third kappa shape index (κ3) is 4.85. The van der Waals surface area contributed by atoms with Crippen LogP contribution in [0.25, 0.3) is 10.1 Å². The van der Waals surface area contributed by atoms with Crippen molar-refractivity contribution in [1.29, 1.82) is 0 Å². The summed E-state index contributed by atoms with van der Waals surface area (Å²) in [4.78, 5) is 34.7. The lowest BCUT2D eigenvalue weighted by Crippen LogP contribution is -2.51. The van der Waals surface area contributed by atoms with Gasteiger partial charge in [-0.2, -0.15) is 4.37 Å². The summed E-state index contributed by atoms with van der Waals surface area (Å²) in [5, 5.41) is 1.21. The molecule has 34 heavy (non-hydrogen) atoms. The van der Waals surface area contributed by atoms with Gasteiger partial charge in [0.05, 0.1) is 10.6 Å². The second-order valence-electron chi connectivity index (χ2n) is 10.2. The van der Waals surface area contributed by atoms with Crippen LogP contribution in [0.2, 0.25) is 0 Å². The summed E-state index contributed by atoms with van der Waals surface area (Å²) in [5.74, 6) is 2.80. The van der Waals surface area contributed by atoms with Gasteiger partial charge >= 0.3 is 6.09 Å². The Balaban J connectivity index is 1.27. The van der Waals surface area contributed by atoms with Gasteiger partial charge in [-0.05, 0) is 50.9 Å². The van der Waals surface area contributed by atoms with Crippen molar-refractivity contribution in [3.05, 3.63) is 24.3 Å². The van der Waals surface area contributed by atoms with E-state index >= 15 is 0 Å². The molecule has 0 saturated carbocycles. The minimum Gasteiger partial charge on any atom is -0.444 e. The maximum atomic E-state index is 13.3. The quantitative estimate of drug-likeness (QED) is 0.636. The third-order valence-corrected chi connectivity index (χ3v) is 8.53. The number of thioether (sulfide) groups is 1.